The second-order valence-electron chi connectivity index (χ2n) is 5.34. The first kappa shape index (κ1) is 19.1. The number of anilines is 2. The number of nitrogens with one attached hydrogen (secondary N) is 3. The molecule has 2 aromatic carbocycles. The summed E-state index contributed by atoms with van der Waals surface area (Å²) in [5, 5.41) is 9.60. The number of carbonyl (C=O) groups excluding carboxylic acids is 3. The molecule has 0 aliphatic rings. The monoisotopic (exact) mass is 372 g/mol. The molecule has 0 saturated heterocycles. The molecule has 0 heterocycles. The van der Waals surface area contributed by atoms with Crippen molar-refractivity contribution in [2.75, 3.05) is 10.6 Å². The zero-order chi connectivity index (χ0) is 19.1. The maximum atomic E-state index is 12.3. The van der Waals surface area contributed by atoms with Gasteiger partial charge >= 0.3 is 0 Å². The summed E-state index contributed by atoms with van der Waals surface area (Å²) in [4.78, 5) is 34.8. The molecule has 0 saturated carbocycles. The van der Waals surface area contributed by atoms with E-state index in [4.69, 9.17) is 11.6 Å². The van der Waals surface area contributed by atoms with Crippen LogP contribution in [0.4, 0.5) is 11.4 Å². The molecule has 2 rings (SSSR count). The summed E-state index contributed by atoms with van der Waals surface area (Å²) in [5.74, 6) is -1.02. The molecule has 3 amide bonds. The maximum absolute atomic E-state index is 12.3. The third-order valence-electron chi connectivity index (χ3n) is 3.18. The normalized spacial score (nSPS) is 10.4. The van der Waals surface area contributed by atoms with E-state index in [1.54, 1.807) is 42.5 Å². The summed E-state index contributed by atoms with van der Waals surface area (Å²) in [6.07, 6.45) is 1.37. The first-order chi connectivity index (χ1) is 12.4. The fourth-order valence-corrected chi connectivity index (χ4v) is 2.32. The van der Waals surface area contributed by atoms with Crippen molar-refractivity contribution in [3.05, 3.63) is 58.6 Å². The van der Waals surface area contributed by atoms with Gasteiger partial charge in [-0.15, -0.1) is 0 Å². The highest BCUT2D eigenvalue weighted by atomic mass is 35.5. The first-order valence-electron chi connectivity index (χ1n) is 7.64. The Morgan fingerprint density at radius 3 is 2.31 bits per heavy atom. The van der Waals surface area contributed by atoms with E-state index < -0.39 is 5.91 Å². The molecule has 0 fully saturated rings. The van der Waals surface area contributed by atoms with Gasteiger partial charge in [0.2, 0.25) is 11.8 Å². The highest BCUT2D eigenvalue weighted by Gasteiger charge is 2.11. The van der Waals surface area contributed by atoms with E-state index >= 15 is 0 Å². The van der Waals surface area contributed by atoms with Crippen molar-refractivity contribution in [2.45, 2.75) is 13.8 Å². The Kier molecular flexibility index (Phi) is 6.46. The van der Waals surface area contributed by atoms with Crippen molar-refractivity contribution in [1.82, 2.24) is 5.43 Å². The van der Waals surface area contributed by atoms with E-state index in [0.29, 0.717) is 22.0 Å². The smallest absolute Gasteiger partial charge is 0.273 e. The molecule has 0 spiro atoms. The first-order valence-corrected chi connectivity index (χ1v) is 8.02. The summed E-state index contributed by atoms with van der Waals surface area (Å²) in [6.45, 7) is 2.74. The largest absolute Gasteiger partial charge is 0.326 e. The summed E-state index contributed by atoms with van der Waals surface area (Å²) in [6, 6.07) is 11.4. The predicted molar refractivity (Wildman–Crippen MR) is 102 cm³/mol. The van der Waals surface area contributed by atoms with Gasteiger partial charge in [0.1, 0.15) is 0 Å². The van der Waals surface area contributed by atoms with Gasteiger partial charge in [0.25, 0.3) is 5.91 Å². The third-order valence-corrected chi connectivity index (χ3v) is 3.41. The number of rotatable bonds is 5. The highest BCUT2D eigenvalue weighted by molar-refractivity contribution is 6.31. The number of hydrogen-bond donors (Lipinski definition) is 3. The van der Waals surface area contributed by atoms with Crippen molar-refractivity contribution in [2.24, 2.45) is 5.10 Å². The molecule has 0 atom stereocenters. The van der Waals surface area contributed by atoms with Gasteiger partial charge < -0.3 is 10.6 Å². The standard InChI is InChI=1S/C18H17ClN4O3/c1-11(24)21-16-8-7-14(19)9-13(16)10-20-23-18(26)15-5-3-4-6-17(15)22-12(2)25/h3-10H,1-2H3,(H,21,24)(H,22,25)(H,23,26)/b20-10+. The quantitative estimate of drug-likeness (QED) is 0.555. The molecule has 0 bridgehead atoms. The Hall–Kier alpha value is -3.19. The van der Waals surface area contributed by atoms with Crippen LogP contribution < -0.4 is 16.1 Å². The van der Waals surface area contributed by atoms with E-state index in [-0.39, 0.29) is 17.4 Å². The molecule has 7 nitrogen and oxygen atoms in total. The lowest BCUT2D eigenvalue weighted by Gasteiger charge is -2.09. The molecule has 0 unspecified atom stereocenters. The van der Waals surface area contributed by atoms with Crippen LogP contribution in [0.25, 0.3) is 0 Å². The van der Waals surface area contributed by atoms with Crippen LogP contribution in [0.2, 0.25) is 5.02 Å². The lowest BCUT2D eigenvalue weighted by Crippen LogP contribution is -2.20. The van der Waals surface area contributed by atoms with Gasteiger partial charge in [-0.1, -0.05) is 23.7 Å². The maximum Gasteiger partial charge on any atom is 0.273 e. The average molecular weight is 373 g/mol. The molecule has 0 radical (unpaired) electrons. The number of amides is 3. The number of carbonyl (C=O) groups is 3. The van der Waals surface area contributed by atoms with E-state index in [1.807, 2.05) is 0 Å². The van der Waals surface area contributed by atoms with Gasteiger partial charge in [0, 0.05) is 30.1 Å². The number of nitrogens with zero attached hydrogens (tertiary/aromatic N) is 1. The summed E-state index contributed by atoms with van der Waals surface area (Å²) in [5.41, 5.74) is 4.08. The molecule has 134 valence electrons. The van der Waals surface area contributed by atoms with E-state index in [9.17, 15) is 14.4 Å². The lowest BCUT2D eigenvalue weighted by molar-refractivity contribution is -0.115. The van der Waals surface area contributed by atoms with E-state index in [1.165, 1.54) is 20.1 Å². The van der Waals surface area contributed by atoms with Gasteiger partial charge in [0.05, 0.1) is 17.5 Å². The second kappa shape index (κ2) is 8.77. The van der Waals surface area contributed by atoms with Gasteiger partial charge in [-0.2, -0.15) is 5.10 Å². The Balaban J connectivity index is 2.16. The molecule has 0 aromatic heterocycles. The zero-order valence-electron chi connectivity index (χ0n) is 14.2. The fourth-order valence-electron chi connectivity index (χ4n) is 2.14. The van der Waals surface area contributed by atoms with Crippen LogP contribution in [0.5, 0.6) is 0 Å². The summed E-state index contributed by atoms with van der Waals surface area (Å²) in [7, 11) is 0. The van der Waals surface area contributed by atoms with E-state index in [0.717, 1.165) is 0 Å². The molecule has 0 aliphatic carbocycles. The number of hydrogen-bond acceptors (Lipinski definition) is 4. The SMILES string of the molecule is CC(=O)Nc1ccc(Cl)cc1/C=N/NC(=O)c1ccccc1NC(C)=O. The molecular weight excluding hydrogens is 356 g/mol. The minimum atomic E-state index is -0.492. The third kappa shape index (κ3) is 5.42. The Labute approximate surface area is 155 Å². The van der Waals surface area contributed by atoms with Gasteiger partial charge in [0.15, 0.2) is 0 Å². The molecule has 2 aromatic rings. The van der Waals surface area contributed by atoms with Crippen LogP contribution in [-0.4, -0.2) is 23.9 Å². The molecular formula is C18H17ClN4O3. The lowest BCUT2D eigenvalue weighted by atomic mass is 10.1. The van der Waals surface area contributed by atoms with Crippen molar-refractivity contribution in [1.29, 1.82) is 0 Å². The topological polar surface area (TPSA) is 99.7 Å². The number of hydrazone groups is 1. The van der Waals surface area contributed by atoms with Crippen LogP contribution in [0, 0.1) is 0 Å². The van der Waals surface area contributed by atoms with Crippen molar-refractivity contribution in [3.63, 3.8) is 0 Å². The number of benzene rings is 2. The van der Waals surface area contributed by atoms with Crippen LogP contribution in [0.1, 0.15) is 29.8 Å². The summed E-state index contributed by atoms with van der Waals surface area (Å²) < 4.78 is 0. The molecule has 8 heteroatoms. The predicted octanol–water partition coefficient (Wildman–Crippen LogP) is 3.02. The van der Waals surface area contributed by atoms with Crippen molar-refractivity contribution in [3.8, 4) is 0 Å². The number of halogens is 1. The molecule has 26 heavy (non-hydrogen) atoms. The Morgan fingerprint density at radius 1 is 0.962 bits per heavy atom. The minimum Gasteiger partial charge on any atom is -0.326 e. The van der Waals surface area contributed by atoms with Crippen molar-refractivity contribution < 1.29 is 14.4 Å². The Morgan fingerprint density at radius 2 is 1.62 bits per heavy atom. The zero-order valence-corrected chi connectivity index (χ0v) is 14.9. The second-order valence-corrected chi connectivity index (χ2v) is 5.78. The summed E-state index contributed by atoms with van der Waals surface area (Å²) >= 11 is 5.96. The minimum absolute atomic E-state index is 0.241. The molecule has 3 N–H and O–H groups in total. The van der Waals surface area contributed by atoms with Crippen molar-refractivity contribution >= 4 is 46.9 Å². The molecule has 0 aliphatic heterocycles. The van der Waals surface area contributed by atoms with Crippen LogP contribution >= 0.6 is 11.6 Å². The number of para-hydroxylation sites is 1. The van der Waals surface area contributed by atoms with Gasteiger partial charge in [-0.3, -0.25) is 14.4 Å². The van der Waals surface area contributed by atoms with Crippen LogP contribution in [-0.2, 0) is 9.59 Å². The Bertz CT molecular complexity index is 880. The van der Waals surface area contributed by atoms with Crippen LogP contribution in [0.15, 0.2) is 47.6 Å². The highest BCUT2D eigenvalue weighted by Crippen LogP contribution is 2.19. The fraction of sp³-hybridized carbons (Fsp3) is 0.111. The van der Waals surface area contributed by atoms with Crippen LogP contribution in [0.3, 0.4) is 0 Å². The van der Waals surface area contributed by atoms with Gasteiger partial charge in [-0.05, 0) is 30.3 Å². The average Bonchev–Trinajstić information content (AvgIpc) is 2.56. The van der Waals surface area contributed by atoms with E-state index in [2.05, 4.69) is 21.2 Å². The van der Waals surface area contributed by atoms with Gasteiger partial charge in [-0.25, -0.2) is 5.43 Å².